The number of aromatic hydroxyl groups is 1. The Bertz CT molecular complexity index is 1360. The number of benzene rings is 3. The summed E-state index contributed by atoms with van der Waals surface area (Å²) in [5.41, 5.74) is 5.19. The van der Waals surface area contributed by atoms with Gasteiger partial charge in [0.15, 0.2) is 5.88 Å². The molecular formula is C28H29FN4O2. The number of aromatic nitrogens is 1. The predicted octanol–water partition coefficient (Wildman–Crippen LogP) is 5.27. The van der Waals surface area contributed by atoms with Crippen LogP contribution >= 0.6 is 0 Å². The second-order valence-electron chi connectivity index (χ2n) is 8.73. The molecule has 1 heterocycles. The topological polar surface area (TPSA) is 80.7 Å². The molecule has 0 saturated carbocycles. The molecule has 0 fully saturated rings. The molecule has 0 aliphatic rings. The van der Waals surface area contributed by atoms with Crippen molar-refractivity contribution >= 4 is 28.2 Å². The van der Waals surface area contributed by atoms with Crippen molar-refractivity contribution in [3.8, 4) is 5.88 Å². The van der Waals surface area contributed by atoms with E-state index in [0.717, 1.165) is 23.4 Å². The van der Waals surface area contributed by atoms with Crippen LogP contribution in [0.5, 0.6) is 5.88 Å². The SMILES string of the molecule is CCC(=O)NCc1ccc(C(=Nc2ccc(CN(C)C)cc2)c2c(O)[nH]c3cc(F)ccc23)cc1. The Kier molecular flexibility index (Phi) is 7.27. The zero-order valence-corrected chi connectivity index (χ0v) is 20.1. The minimum atomic E-state index is -0.390. The summed E-state index contributed by atoms with van der Waals surface area (Å²) in [7, 11) is 4.04. The largest absolute Gasteiger partial charge is 0.494 e. The predicted molar refractivity (Wildman–Crippen MR) is 138 cm³/mol. The number of halogens is 1. The minimum absolute atomic E-state index is 0.00927. The van der Waals surface area contributed by atoms with Gasteiger partial charge in [-0.05, 0) is 55.6 Å². The van der Waals surface area contributed by atoms with Crippen molar-refractivity contribution < 1.29 is 14.3 Å². The number of hydrogen-bond acceptors (Lipinski definition) is 4. The van der Waals surface area contributed by atoms with Gasteiger partial charge in [0.1, 0.15) is 5.82 Å². The fraction of sp³-hybridized carbons (Fsp3) is 0.214. The van der Waals surface area contributed by atoms with Crippen LogP contribution in [0.3, 0.4) is 0 Å². The number of aliphatic imine (C=N–C) groups is 1. The van der Waals surface area contributed by atoms with E-state index in [-0.39, 0.29) is 11.8 Å². The third-order valence-electron chi connectivity index (χ3n) is 5.69. The molecule has 7 heteroatoms. The molecule has 0 radical (unpaired) electrons. The van der Waals surface area contributed by atoms with Crippen LogP contribution in [0.2, 0.25) is 0 Å². The van der Waals surface area contributed by atoms with E-state index in [1.54, 1.807) is 6.07 Å². The molecule has 3 N–H and O–H groups in total. The molecule has 0 unspecified atom stereocenters. The van der Waals surface area contributed by atoms with E-state index in [0.29, 0.717) is 35.1 Å². The molecule has 0 saturated heterocycles. The highest BCUT2D eigenvalue weighted by molar-refractivity contribution is 6.21. The van der Waals surface area contributed by atoms with Gasteiger partial charge < -0.3 is 20.3 Å². The third kappa shape index (κ3) is 5.75. The molecule has 180 valence electrons. The maximum atomic E-state index is 13.8. The van der Waals surface area contributed by atoms with Crippen LogP contribution < -0.4 is 5.32 Å². The molecule has 0 bridgehead atoms. The van der Waals surface area contributed by atoms with E-state index in [2.05, 4.69) is 15.2 Å². The van der Waals surface area contributed by atoms with Crippen molar-refractivity contribution in [2.45, 2.75) is 26.4 Å². The molecule has 35 heavy (non-hydrogen) atoms. The fourth-order valence-electron chi connectivity index (χ4n) is 3.94. The van der Waals surface area contributed by atoms with Gasteiger partial charge in [-0.2, -0.15) is 0 Å². The molecular weight excluding hydrogens is 443 g/mol. The van der Waals surface area contributed by atoms with E-state index in [4.69, 9.17) is 4.99 Å². The highest BCUT2D eigenvalue weighted by atomic mass is 19.1. The van der Waals surface area contributed by atoms with Crippen LogP contribution in [0.15, 0.2) is 71.7 Å². The summed E-state index contributed by atoms with van der Waals surface area (Å²) < 4.78 is 13.8. The average molecular weight is 473 g/mol. The first-order valence-corrected chi connectivity index (χ1v) is 11.5. The Balaban J connectivity index is 1.77. The van der Waals surface area contributed by atoms with Crippen LogP contribution in [0.1, 0.15) is 35.6 Å². The quantitative estimate of drug-likeness (QED) is 0.306. The lowest BCUT2D eigenvalue weighted by atomic mass is 9.99. The number of aromatic amines is 1. The van der Waals surface area contributed by atoms with E-state index < -0.39 is 5.82 Å². The maximum absolute atomic E-state index is 13.8. The molecule has 1 aromatic heterocycles. The Morgan fingerprint density at radius 3 is 2.37 bits per heavy atom. The van der Waals surface area contributed by atoms with Gasteiger partial charge in [0, 0.05) is 30.5 Å². The standard InChI is InChI=1S/C28H29FN4O2/c1-4-25(34)30-16-18-5-9-20(10-6-18)27(31-22-12-7-19(8-13-22)17-33(2)3)26-23-14-11-21(29)15-24(23)32-28(26)35/h5-15,32,35H,4,16-17H2,1-3H3,(H,30,34). The molecule has 0 aliphatic carbocycles. The maximum Gasteiger partial charge on any atom is 0.219 e. The second-order valence-corrected chi connectivity index (χ2v) is 8.73. The van der Waals surface area contributed by atoms with Gasteiger partial charge in [-0.1, -0.05) is 43.3 Å². The Morgan fingerprint density at radius 2 is 1.71 bits per heavy atom. The summed E-state index contributed by atoms with van der Waals surface area (Å²) in [6, 6.07) is 20.0. The number of rotatable bonds is 8. The lowest BCUT2D eigenvalue weighted by Gasteiger charge is -2.11. The Morgan fingerprint density at radius 1 is 1.03 bits per heavy atom. The van der Waals surface area contributed by atoms with Gasteiger partial charge in [-0.25, -0.2) is 9.38 Å². The van der Waals surface area contributed by atoms with Crippen molar-refractivity contribution in [3.63, 3.8) is 0 Å². The number of amides is 1. The average Bonchev–Trinajstić information content (AvgIpc) is 3.16. The summed E-state index contributed by atoms with van der Waals surface area (Å²) in [6.07, 6.45) is 0.433. The molecule has 4 aromatic rings. The van der Waals surface area contributed by atoms with Crippen molar-refractivity contribution in [2.75, 3.05) is 14.1 Å². The van der Waals surface area contributed by atoms with Crippen LogP contribution in [0.25, 0.3) is 10.9 Å². The lowest BCUT2D eigenvalue weighted by Crippen LogP contribution is -2.21. The normalized spacial score (nSPS) is 11.9. The Hall–Kier alpha value is -3.97. The number of nitrogens with one attached hydrogen (secondary N) is 2. The third-order valence-corrected chi connectivity index (χ3v) is 5.69. The van der Waals surface area contributed by atoms with Crippen molar-refractivity contribution in [2.24, 2.45) is 4.99 Å². The number of carbonyl (C=O) groups is 1. The zero-order chi connectivity index (χ0) is 24.9. The Labute approximate surface area is 204 Å². The van der Waals surface area contributed by atoms with E-state index in [1.807, 2.05) is 69.6 Å². The highest BCUT2D eigenvalue weighted by Gasteiger charge is 2.19. The second kappa shape index (κ2) is 10.5. The summed E-state index contributed by atoms with van der Waals surface area (Å²) >= 11 is 0. The number of hydrogen-bond donors (Lipinski definition) is 3. The van der Waals surface area contributed by atoms with Gasteiger partial charge >= 0.3 is 0 Å². The molecule has 1 amide bonds. The summed E-state index contributed by atoms with van der Waals surface area (Å²) in [5, 5.41) is 14.3. The van der Waals surface area contributed by atoms with Gasteiger partial charge in [-0.15, -0.1) is 0 Å². The molecule has 3 aromatic carbocycles. The highest BCUT2D eigenvalue weighted by Crippen LogP contribution is 2.32. The first-order chi connectivity index (χ1) is 16.8. The smallest absolute Gasteiger partial charge is 0.219 e. The molecule has 0 spiro atoms. The van der Waals surface area contributed by atoms with Crippen molar-refractivity contribution in [1.82, 2.24) is 15.2 Å². The molecule has 0 atom stereocenters. The van der Waals surface area contributed by atoms with Crippen molar-refractivity contribution in [1.29, 1.82) is 0 Å². The van der Waals surface area contributed by atoms with Gasteiger partial charge in [0.05, 0.1) is 22.5 Å². The number of H-pyrrole nitrogens is 1. The number of fused-ring (bicyclic) bond motifs is 1. The minimum Gasteiger partial charge on any atom is -0.494 e. The molecule has 4 rings (SSSR count). The molecule has 0 aliphatic heterocycles. The van der Waals surface area contributed by atoms with Crippen LogP contribution in [-0.4, -0.2) is 40.7 Å². The first kappa shape index (κ1) is 24.2. The fourth-order valence-corrected chi connectivity index (χ4v) is 3.94. The van der Waals surface area contributed by atoms with Crippen LogP contribution in [0, 0.1) is 5.82 Å². The van der Waals surface area contributed by atoms with Gasteiger partial charge in [0.25, 0.3) is 0 Å². The van der Waals surface area contributed by atoms with Crippen LogP contribution in [0.4, 0.5) is 10.1 Å². The van der Waals surface area contributed by atoms with E-state index in [9.17, 15) is 14.3 Å². The lowest BCUT2D eigenvalue weighted by molar-refractivity contribution is -0.120. The van der Waals surface area contributed by atoms with E-state index >= 15 is 0 Å². The van der Waals surface area contributed by atoms with Crippen LogP contribution in [-0.2, 0) is 17.9 Å². The van der Waals surface area contributed by atoms with E-state index in [1.165, 1.54) is 17.7 Å². The van der Waals surface area contributed by atoms with Crippen molar-refractivity contribution in [3.05, 3.63) is 94.8 Å². The number of nitrogens with zero attached hydrogens (tertiary/aromatic N) is 2. The monoisotopic (exact) mass is 472 g/mol. The first-order valence-electron chi connectivity index (χ1n) is 11.5. The van der Waals surface area contributed by atoms with Gasteiger partial charge in [-0.3, -0.25) is 4.79 Å². The zero-order valence-electron chi connectivity index (χ0n) is 20.1. The summed E-state index contributed by atoms with van der Waals surface area (Å²) in [6.45, 7) is 3.07. The number of carbonyl (C=O) groups excluding carboxylic acids is 1. The summed E-state index contributed by atoms with van der Waals surface area (Å²) in [5.74, 6) is -0.475. The summed E-state index contributed by atoms with van der Waals surface area (Å²) in [4.78, 5) is 21.5. The van der Waals surface area contributed by atoms with Gasteiger partial charge in [0.2, 0.25) is 5.91 Å². The molecule has 6 nitrogen and oxygen atoms in total.